The predicted octanol–water partition coefficient (Wildman–Crippen LogP) is 3.43. The lowest BCUT2D eigenvalue weighted by Crippen LogP contribution is -2.33. The highest BCUT2D eigenvalue weighted by Crippen LogP contribution is 2.21. The van der Waals surface area contributed by atoms with Crippen molar-refractivity contribution in [2.24, 2.45) is 0 Å². The molecule has 1 aromatic carbocycles. The van der Waals surface area contributed by atoms with E-state index in [9.17, 15) is 18.0 Å². The monoisotopic (exact) mass is 409 g/mol. The third-order valence-electron chi connectivity index (χ3n) is 4.15. The van der Waals surface area contributed by atoms with Crippen LogP contribution in [0.3, 0.4) is 0 Å². The van der Waals surface area contributed by atoms with Crippen LogP contribution in [0.25, 0.3) is 0 Å². The molecule has 0 fully saturated rings. The van der Waals surface area contributed by atoms with Crippen LogP contribution in [0.2, 0.25) is 0 Å². The molecule has 0 unspecified atom stereocenters. The summed E-state index contributed by atoms with van der Waals surface area (Å²) in [6, 6.07) is 7.17. The lowest BCUT2D eigenvalue weighted by atomic mass is 10.2. The molecule has 0 aliphatic carbocycles. The van der Waals surface area contributed by atoms with Crippen LogP contribution in [0.1, 0.15) is 44.3 Å². The average Bonchev–Trinajstić information content (AvgIpc) is 2.96. The number of Topliss-reactive ketones (excluding diaryl/α,β-unsaturated/α-hetero) is 1. The van der Waals surface area contributed by atoms with Crippen LogP contribution in [-0.2, 0) is 14.8 Å². The van der Waals surface area contributed by atoms with E-state index >= 15 is 0 Å². The van der Waals surface area contributed by atoms with E-state index in [1.165, 1.54) is 47.0 Å². The van der Waals surface area contributed by atoms with Crippen molar-refractivity contribution in [3.63, 3.8) is 0 Å². The highest BCUT2D eigenvalue weighted by Gasteiger charge is 2.24. The number of rotatable bonds is 7. The summed E-state index contributed by atoms with van der Waals surface area (Å²) in [4.78, 5) is 26.4. The fourth-order valence-corrected chi connectivity index (χ4v) is 4.78. The van der Waals surface area contributed by atoms with Crippen molar-refractivity contribution in [1.29, 1.82) is 0 Å². The van der Waals surface area contributed by atoms with Gasteiger partial charge in [-0.2, -0.15) is 4.31 Å². The summed E-state index contributed by atoms with van der Waals surface area (Å²) in [5.41, 5.74) is 0.624. The van der Waals surface area contributed by atoms with E-state index in [4.69, 9.17) is 4.74 Å². The van der Waals surface area contributed by atoms with Gasteiger partial charge in [0.1, 0.15) is 0 Å². The summed E-state index contributed by atoms with van der Waals surface area (Å²) in [5, 5.41) is 0. The van der Waals surface area contributed by atoms with Crippen LogP contribution < -0.4 is 0 Å². The summed E-state index contributed by atoms with van der Waals surface area (Å²) < 4.78 is 31.4. The summed E-state index contributed by atoms with van der Waals surface area (Å²) in [7, 11) is -2.23. The van der Waals surface area contributed by atoms with E-state index in [1.54, 1.807) is 19.9 Å². The predicted molar refractivity (Wildman–Crippen MR) is 105 cm³/mol. The van der Waals surface area contributed by atoms with Gasteiger partial charge < -0.3 is 4.74 Å². The number of sulfonamides is 1. The van der Waals surface area contributed by atoms with E-state index in [1.807, 2.05) is 13.8 Å². The fraction of sp³-hybridized carbons (Fsp3) is 0.368. The number of hydrogen-bond acceptors (Lipinski definition) is 6. The Morgan fingerprint density at radius 2 is 1.85 bits per heavy atom. The fourth-order valence-electron chi connectivity index (χ4n) is 2.43. The summed E-state index contributed by atoms with van der Waals surface area (Å²) >= 11 is 1.51. The SMILES string of the molecule is Cc1cc(C(=O)COC(=O)c2cccc(S(=O)(=O)N(C)C(C)C)c2)c(C)s1. The van der Waals surface area contributed by atoms with Crippen molar-refractivity contribution in [2.75, 3.05) is 13.7 Å². The maximum Gasteiger partial charge on any atom is 0.338 e. The number of ether oxygens (including phenoxy) is 1. The molecule has 0 amide bonds. The van der Waals surface area contributed by atoms with Gasteiger partial charge in [-0.05, 0) is 52.0 Å². The van der Waals surface area contributed by atoms with Crippen LogP contribution >= 0.6 is 11.3 Å². The molecule has 2 aromatic rings. The molecule has 0 aliphatic rings. The van der Waals surface area contributed by atoms with Gasteiger partial charge in [0.2, 0.25) is 15.8 Å². The van der Waals surface area contributed by atoms with Crippen LogP contribution in [0.4, 0.5) is 0 Å². The zero-order valence-corrected chi connectivity index (χ0v) is 17.6. The Kier molecular flexibility index (Phi) is 6.56. The van der Waals surface area contributed by atoms with E-state index in [0.717, 1.165) is 9.75 Å². The minimum absolute atomic E-state index is 0.00350. The molecule has 1 aromatic heterocycles. The molecule has 27 heavy (non-hydrogen) atoms. The van der Waals surface area contributed by atoms with E-state index in [0.29, 0.717) is 5.56 Å². The first-order chi connectivity index (χ1) is 12.5. The zero-order valence-electron chi connectivity index (χ0n) is 16.0. The van der Waals surface area contributed by atoms with Gasteiger partial charge in [-0.25, -0.2) is 13.2 Å². The Balaban J connectivity index is 2.14. The number of benzene rings is 1. The molecule has 0 aliphatic heterocycles. The van der Waals surface area contributed by atoms with Gasteiger partial charge in [-0.3, -0.25) is 4.79 Å². The first-order valence-electron chi connectivity index (χ1n) is 8.39. The maximum absolute atomic E-state index is 12.6. The second-order valence-electron chi connectivity index (χ2n) is 6.47. The second kappa shape index (κ2) is 8.33. The van der Waals surface area contributed by atoms with Crippen molar-refractivity contribution in [3.8, 4) is 0 Å². The molecule has 0 saturated heterocycles. The first-order valence-corrected chi connectivity index (χ1v) is 10.6. The van der Waals surface area contributed by atoms with Gasteiger partial charge in [0.25, 0.3) is 0 Å². The van der Waals surface area contributed by atoms with Crippen molar-refractivity contribution in [2.45, 2.75) is 38.6 Å². The molecule has 0 bridgehead atoms. The molecule has 2 rings (SSSR count). The van der Waals surface area contributed by atoms with Gasteiger partial charge >= 0.3 is 5.97 Å². The van der Waals surface area contributed by atoms with E-state index in [-0.39, 0.29) is 22.3 Å². The molecule has 0 spiro atoms. The van der Waals surface area contributed by atoms with Crippen molar-refractivity contribution in [3.05, 3.63) is 51.2 Å². The minimum atomic E-state index is -3.71. The molecule has 0 N–H and O–H groups in total. The quantitative estimate of drug-likeness (QED) is 0.517. The van der Waals surface area contributed by atoms with Gasteiger partial charge in [0, 0.05) is 28.4 Å². The Labute approximate surface area is 163 Å². The Morgan fingerprint density at radius 1 is 1.19 bits per heavy atom. The van der Waals surface area contributed by atoms with Crippen LogP contribution in [0.15, 0.2) is 35.2 Å². The molecule has 146 valence electrons. The summed E-state index contributed by atoms with van der Waals surface area (Å²) in [6.07, 6.45) is 0. The number of carbonyl (C=O) groups excluding carboxylic acids is 2. The topological polar surface area (TPSA) is 80.8 Å². The Hall–Kier alpha value is -2.03. The zero-order chi connectivity index (χ0) is 20.4. The van der Waals surface area contributed by atoms with Crippen LogP contribution in [0.5, 0.6) is 0 Å². The number of thiophene rings is 1. The Morgan fingerprint density at radius 3 is 2.41 bits per heavy atom. The van der Waals surface area contributed by atoms with Crippen LogP contribution in [0, 0.1) is 13.8 Å². The number of carbonyl (C=O) groups is 2. The molecular weight excluding hydrogens is 386 g/mol. The molecule has 0 radical (unpaired) electrons. The van der Waals surface area contributed by atoms with Crippen molar-refractivity contribution < 1.29 is 22.7 Å². The largest absolute Gasteiger partial charge is 0.454 e. The average molecular weight is 410 g/mol. The number of hydrogen-bond donors (Lipinski definition) is 0. The Bertz CT molecular complexity index is 960. The third kappa shape index (κ3) is 4.82. The van der Waals surface area contributed by atoms with Gasteiger partial charge in [-0.15, -0.1) is 11.3 Å². The smallest absolute Gasteiger partial charge is 0.338 e. The third-order valence-corrected chi connectivity index (χ3v) is 7.15. The lowest BCUT2D eigenvalue weighted by Gasteiger charge is -2.21. The van der Waals surface area contributed by atoms with E-state index < -0.39 is 22.6 Å². The number of esters is 1. The van der Waals surface area contributed by atoms with Gasteiger partial charge in [0.05, 0.1) is 10.5 Å². The highest BCUT2D eigenvalue weighted by molar-refractivity contribution is 7.89. The van der Waals surface area contributed by atoms with E-state index in [2.05, 4.69) is 0 Å². The maximum atomic E-state index is 12.6. The normalized spacial score (nSPS) is 11.8. The first kappa shape index (κ1) is 21.3. The molecule has 0 saturated carbocycles. The van der Waals surface area contributed by atoms with Gasteiger partial charge in [0.15, 0.2) is 6.61 Å². The number of ketones is 1. The van der Waals surface area contributed by atoms with Crippen LogP contribution in [-0.4, -0.2) is 44.2 Å². The summed E-state index contributed by atoms with van der Waals surface area (Å²) in [5.74, 6) is -1.02. The summed E-state index contributed by atoms with van der Waals surface area (Å²) in [6.45, 7) is 6.87. The molecule has 1 heterocycles. The minimum Gasteiger partial charge on any atom is -0.454 e. The molecule has 8 heteroatoms. The van der Waals surface area contributed by atoms with Crippen molar-refractivity contribution >= 4 is 33.1 Å². The number of aryl methyl sites for hydroxylation is 2. The molecule has 0 atom stereocenters. The standard InChI is InChI=1S/C19H23NO5S2/c1-12(2)20(5)27(23,24)16-8-6-7-15(10-16)19(22)25-11-18(21)17-9-13(3)26-14(17)4/h6-10,12H,11H2,1-5H3. The van der Waals surface area contributed by atoms with Gasteiger partial charge in [-0.1, -0.05) is 6.07 Å². The number of nitrogens with zero attached hydrogens (tertiary/aromatic N) is 1. The second-order valence-corrected chi connectivity index (χ2v) is 9.93. The highest BCUT2D eigenvalue weighted by atomic mass is 32.2. The molecule has 6 nitrogen and oxygen atoms in total. The molecular formula is C19H23NO5S2. The lowest BCUT2D eigenvalue weighted by molar-refractivity contribution is 0.0474. The van der Waals surface area contributed by atoms with Crippen molar-refractivity contribution in [1.82, 2.24) is 4.31 Å².